The van der Waals surface area contributed by atoms with Crippen molar-refractivity contribution in [2.24, 2.45) is 10.7 Å². The van der Waals surface area contributed by atoms with E-state index in [1.54, 1.807) is 11.3 Å². The van der Waals surface area contributed by atoms with Crippen molar-refractivity contribution in [3.05, 3.63) is 223 Å². The summed E-state index contributed by atoms with van der Waals surface area (Å²) >= 11 is 1.79. The Morgan fingerprint density at radius 1 is 0.544 bits per heavy atom. The van der Waals surface area contributed by atoms with Gasteiger partial charge in [-0.25, -0.2) is 4.99 Å². The first kappa shape index (κ1) is 34.2. The van der Waals surface area contributed by atoms with Crippen LogP contribution in [0.2, 0.25) is 0 Å². The van der Waals surface area contributed by atoms with E-state index in [1.807, 2.05) is 42.5 Å². The zero-order chi connectivity index (χ0) is 38.3. The van der Waals surface area contributed by atoms with Gasteiger partial charge in [0.25, 0.3) is 0 Å². The monoisotopic (exact) mass is 747 g/mol. The van der Waals surface area contributed by atoms with Crippen LogP contribution in [0.3, 0.4) is 0 Å². The van der Waals surface area contributed by atoms with Crippen molar-refractivity contribution in [3.8, 4) is 27.9 Å². The van der Waals surface area contributed by atoms with Gasteiger partial charge in [0.1, 0.15) is 0 Å². The third-order valence-corrected chi connectivity index (χ3v) is 12.0. The van der Waals surface area contributed by atoms with Gasteiger partial charge >= 0.3 is 0 Å². The molecule has 0 fully saturated rings. The average Bonchev–Trinajstić information content (AvgIpc) is 3.83. The molecule has 57 heavy (non-hydrogen) atoms. The molecule has 2 heterocycles. The lowest BCUT2D eigenvalue weighted by Gasteiger charge is -2.10. The van der Waals surface area contributed by atoms with E-state index in [1.165, 1.54) is 48.4 Å². The molecule has 2 aromatic heterocycles. The van der Waals surface area contributed by atoms with Crippen LogP contribution in [-0.4, -0.2) is 10.3 Å². The van der Waals surface area contributed by atoms with Gasteiger partial charge in [0.2, 0.25) is 0 Å². The Hall–Kier alpha value is -7.27. The molecule has 0 aliphatic heterocycles. The highest BCUT2D eigenvalue weighted by Gasteiger charge is 2.18. The Bertz CT molecular complexity index is 3190. The van der Waals surface area contributed by atoms with Crippen LogP contribution in [-0.2, 0) is 0 Å². The van der Waals surface area contributed by atoms with E-state index in [0.717, 1.165) is 43.9 Å². The minimum absolute atomic E-state index is 0.641. The third-order valence-electron chi connectivity index (χ3n) is 10.8. The molecule has 0 bridgehead atoms. The fraction of sp³-hybridized carbons (Fsp3) is 0. The third kappa shape index (κ3) is 6.23. The number of nitrogens with two attached hydrogens (primary N) is 1. The molecule has 0 aliphatic carbocycles. The second-order valence-electron chi connectivity index (χ2n) is 14.2. The molecule has 4 heteroatoms. The molecular weight excluding hydrogens is 711 g/mol. The fourth-order valence-electron chi connectivity index (χ4n) is 8.04. The minimum atomic E-state index is 0.641. The Morgan fingerprint density at radius 3 is 2.02 bits per heavy atom. The first-order valence-electron chi connectivity index (χ1n) is 19.1. The number of rotatable bonds is 8. The zero-order valence-electron chi connectivity index (χ0n) is 31.1. The Labute approximate surface area is 335 Å². The predicted molar refractivity (Wildman–Crippen MR) is 245 cm³/mol. The van der Waals surface area contributed by atoms with Crippen LogP contribution in [0, 0.1) is 0 Å². The molecule has 0 unspecified atom stereocenters. The smallest absolute Gasteiger partial charge is 0.0744 e. The lowest BCUT2D eigenvalue weighted by molar-refractivity contribution is 1.18. The summed E-state index contributed by atoms with van der Waals surface area (Å²) in [7, 11) is 0. The predicted octanol–water partition coefficient (Wildman–Crippen LogP) is 13.9. The molecule has 8 aromatic carbocycles. The maximum absolute atomic E-state index is 6.84. The Morgan fingerprint density at radius 2 is 1.19 bits per heavy atom. The topological polar surface area (TPSA) is 43.3 Å². The Balaban J connectivity index is 1.13. The van der Waals surface area contributed by atoms with Crippen LogP contribution in [0.15, 0.2) is 212 Å². The maximum Gasteiger partial charge on any atom is 0.0744 e. The molecule has 0 spiro atoms. The summed E-state index contributed by atoms with van der Waals surface area (Å²) in [5.41, 5.74) is 20.0. The molecule has 0 saturated carbocycles. The van der Waals surface area contributed by atoms with Gasteiger partial charge in [-0.1, -0.05) is 158 Å². The maximum atomic E-state index is 6.84. The van der Waals surface area contributed by atoms with Crippen LogP contribution >= 0.6 is 11.3 Å². The van der Waals surface area contributed by atoms with Gasteiger partial charge in [0.05, 0.1) is 22.4 Å². The second-order valence-corrected chi connectivity index (χ2v) is 15.3. The summed E-state index contributed by atoms with van der Waals surface area (Å²) in [6, 6.07) is 68.3. The quantitative estimate of drug-likeness (QED) is 0.155. The summed E-state index contributed by atoms with van der Waals surface area (Å²) in [6.07, 6.45) is 2.00. The molecule has 270 valence electrons. The van der Waals surface area contributed by atoms with E-state index in [-0.39, 0.29) is 0 Å². The molecule has 3 nitrogen and oxygen atoms in total. The van der Waals surface area contributed by atoms with Crippen LogP contribution in [0.25, 0.3) is 81.3 Å². The largest absolute Gasteiger partial charge is 0.398 e. The highest BCUT2D eigenvalue weighted by molar-refractivity contribution is 7.26. The molecule has 0 atom stereocenters. The van der Waals surface area contributed by atoms with Gasteiger partial charge < -0.3 is 10.3 Å². The SMILES string of the molecule is C=C(N=C(/C=C(\N)c1ccccc1)c1cccc2c1sc1cccc(-c3ccc4c(c3)c3ccccc3n4-c3ccccc3)c12)c1cccc(-c2ccccc2)c1. The van der Waals surface area contributed by atoms with Crippen molar-refractivity contribution in [1.82, 2.24) is 4.57 Å². The van der Waals surface area contributed by atoms with Crippen molar-refractivity contribution >= 4 is 70.4 Å². The Kier molecular flexibility index (Phi) is 8.66. The van der Waals surface area contributed by atoms with Crippen molar-refractivity contribution < 1.29 is 0 Å². The molecule has 10 rings (SSSR count). The molecule has 10 aromatic rings. The van der Waals surface area contributed by atoms with Crippen LogP contribution in [0.1, 0.15) is 16.7 Å². The van der Waals surface area contributed by atoms with Gasteiger partial charge in [0.15, 0.2) is 0 Å². The van der Waals surface area contributed by atoms with Gasteiger partial charge in [0, 0.05) is 53.5 Å². The highest BCUT2D eigenvalue weighted by atomic mass is 32.1. The van der Waals surface area contributed by atoms with Gasteiger partial charge in [-0.2, -0.15) is 0 Å². The number of aliphatic imine (C=N–C) groups is 1. The van der Waals surface area contributed by atoms with Crippen LogP contribution < -0.4 is 5.73 Å². The summed E-state index contributed by atoms with van der Waals surface area (Å²) in [6.45, 7) is 4.49. The molecule has 0 saturated heterocycles. The van der Waals surface area contributed by atoms with Crippen molar-refractivity contribution in [2.75, 3.05) is 0 Å². The van der Waals surface area contributed by atoms with Crippen LogP contribution in [0.5, 0.6) is 0 Å². The first-order chi connectivity index (χ1) is 28.1. The molecule has 0 radical (unpaired) electrons. The number of hydrogen-bond donors (Lipinski definition) is 1. The highest BCUT2D eigenvalue weighted by Crippen LogP contribution is 2.43. The summed E-state index contributed by atoms with van der Waals surface area (Å²) < 4.78 is 4.74. The molecule has 2 N–H and O–H groups in total. The van der Waals surface area contributed by atoms with Gasteiger partial charge in [-0.3, -0.25) is 0 Å². The lowest BCUT2D eigenvalue weighted by Crippen LogP contribution is -2.04. The van der Waals surface area contributed by atoms with Crippen molar-refractivity contribution in [1.29, 1.82) is 0 Å². The zero-order valence-corrected chi connectivity index (χ0v) is 32.0. The number of hydrogen-bond acceptors (Lipinski definition) is 3. The first-order valence-corrected chi connectivity index (χ1v) is 19.9. The van der Waals surface area contributed by atoms with E-state index in [2.05, 4.69) is 169 Å². The van der Waals surface area contributed by atoms with Crippen molar-refractivity contribution in [3.63, 3.8) is 0 Å². The summed E-state index contributed by atoms with van der Waals surface area (Å²) in [4.78, 5) is 5.28. The van der Waals surface area contributed by atoms with E-state index in [4.69, 9.17) is 10.7 Å². The number of allylic oxidation sites excluding steroid dienone is 1. The fourth-order valence-corrected chi connectivity index (χ4v) is 9.29. The van der Waals surface area contributed by atoms with Crippen LogP contribution in [0.4, 0.5) is 0 Å². The van der Waals surface area contributed by atoms with Gasteiger partial charge in [-0.05, 0) is 76.4 Å². The van der Waals surface area contributed by atoms with Gasteiger partial charge in [-0.15, -0.1) is 11.3 Å². The lowest BCUT2D eigenvalue weighted by atomic mass is 9.96. The number of para-hydroxylation sites is 2. The van der Waals surface area contributed by atoms with Crippen molar-refractivity contribution in [2.45, 2.75) is 0 Å². The summed E-state index contributed by atoms with van der Waals surface area (Å²) in [5.74, 6) is 0. The number of thiophene rings is 1. The standard InChI is InChI=1S/C53H37N3S/c1-35(38-20-13-21-39(32-38)36-16-5-2-6-17-36)55-48(34-47(54)37-18-7-3-8-19-37)44-26-14-27-45-52-42(25-15-29-51(52)57-53(44)45)40-30-31-50-46(33-40)43-24-11-12-28-49(43)56(50)41-22-9-4-10-23-41/h2-34H,1,54H2/b47-34-,55-48?. The number of aromatic nitrogens is 1. The van der Waals surface area contributed by atoms with E-state index in [9.17, 15) is 0 Å². The molecule has 0 amide bonds. The second kappa shape index (κ2) is 14.4. The average molecular weight is 748 g/mol. The van der Waals surface area contributed by atoms with E-state index < -0.39 is 0 Å². The molecule has 0 aliphatic rings. The summed E-state index contributed by atoms with van der Waals surface area (Å²) in [5, 5.41) is 4.89. The van der Waals surface area contributed by atoms with E-state index in [0.29, 0.717) is 11.4 Å². The number of benzene rings is 8. The minimum Gasteiger partial charge on any atom is -0.398 e. The number of fused-ring (bicyclic) bond motifs is 6. The normalized spacial score (nSPS) is 12.2. The molecular formula is C53H37N3S. The van der Waals surface area contributed by atoms with E-state index >= 15 is 0 Å². The number of nitrogens with zero attached hydrogens (tertiary/aromatic N) is 2.